The van der Waals surface area contributed by atoms with Crippen LogP contribution in [0.25, 0.3) is 6.08 Å². The number of rotatable bonds is 15. The van der Waals surface area contributed by atoms with Crippen molar-refractivity contribution in [2.75, 3.05) is 58.8 Å². The number of aliphatic imine (C=N–C) groups is 2. The molecule has 1 amide bonds. The molecule has 4 N–H and O–H groups in total. The summed E-state index contributed by atoms with van der Waals surface area (Å²) in [7, 11) is 3.55. The average molecular weight is 575 g/mol. The summed E-state index contributed by atoms with van der Waals surface area (Å²) >= 11 is 0. The lowest BCUT2D eigenvalue weighted by Gasteiger charge is -2.22. The molecular formula is C31H42N8O3. The number of amides is 1. The Kier molecular flexibility index (Phi) is 11.5. The van der Waals surface area contributed by atoms with Gasteiger partial charge in [0.25, 0.3) is 0 Å². The third-order valence-electron chi connectivity index (χ3n) is 7.04. The first-order valence-corrected chi connectivity index (χ1v) is 14.5. The highest BCUT2D eigenvalue weighted by atomic mass is 16.5. The van der Waals surface area contributed by atoms with Gasteiger partial charge in [0.2, 0.25) is 5.91 Å². The van der Waals surface area contributed by atoms with E-state index in [1.165, 1.54) is 11.6 Å². The maximum Gasteiger partial charge on any atom is 0.247 e. The number of nitrogens with zero attached hydrogens (tertiary/aromatic N) is 4. The van der Waals surface area contributed by atoms with E-state index in [1.807, 2.05) is 19.3 Å². The minimum atomic E-state index is -0.341. The highest BCUT2D eigenvalue weighted by molar-refractivity contribution is 6.03. The van der Waals surface area contributed by atoms with E-state index in [1.54, 1.807) is 25.5 Å². The Morgan fingerprint density at radius 3 is 2.95 bits per heavy atom. The van der Waals surface area contributed by atoms with Crippen LogP contribution < -0.4 is 25.4 Å². The van der Waals surface area contributed by atoms with Gasteiger partial charge in [-0.1, -0.05) is 19.6 Å². The van der Waals surface area contributed by atoms with E-state index in [9.17, 15) is 4.79 Å². The third-order valence-corrected chi connectivity index (χ3v) is 7.04. The van der Waals surface area contributed by atoms with E-state index in [4.69, 9.17) is 14.5 Å². The fourth-order valence-corrected chi connectivity index (χ4v) is 4.91. The molecule has 1 aliphatic heterocycles. The normalized spacial score (nSPS) is 16.9. The number of hydrogen-bond donors (Lipinski definition) is 4. The number of aromatic amines is 1. The molecule has 224 valence electrons. The van der Waals surface area contributed by atoms with E-state index in [0.29, 0.717) is 41.9 Å². The summed E-state index contributed by atoms with van der Waals surface area (Å²) in [5.41, 5.74) is 4.23. The number of aromatic nitrogens is 2. The highest BCUT2D eigenvalue weighted by Gasteiger charge is 2.21. The van der Waals surface area contributed by atoms with Crippen LogP contribution >= 0.6 is 0 Å². The molecule has 0 saturated carbocycles. The topological polar surface area (TPSA) is 128 Å². The molecule has 0 spiro atoms. The largest absolute Gasteiger partial charge is 0.494 e. The molecule has 2 aliphatic rings. The van der Waals surface area contributed by atoms with E-state index in [0.717, 1.165) is 56.8 Å². The number of benzene rings is 1. The van der Waals surface area contributed by atoms with E-state index < -0.39 is 0 Å². The summed E-state index contributed by atoms with van der Waals surface area (Å²) in [6.07, 6.45) is 13.8. The Hall–Kier alpha value is -4.22. The minimum Gasteiger partial charge on any atom is -0.494 e. The van der Waals surface area contributed by atoms with Gasteiger partial charge in [0.05, 0.1) is 37.8 Å². The summed E-state index contributed by atoms with van der Waals surface area (Å²) < 4.78 is 11.8. The minimum absolute atomic E-state index is 0.147. The maximum atomic E-state index is 12.3. The van der Waals surface area contributed by atoms with Crippen LogP contribution in [0, 0.1) is 5.92 Å². The standard InChI is InChI=1S/C31H42N8O3/c1-5-13-39(15-12-32-3)14-7-16-42-29-20-28(41-4)26(18-27(29)37-31(40)6-2)36-30-19-25(33-10-11-34-30)22-8-9-24-23(17-22)21-35-38-24/h6,8-9,11,18-22,32-33H,2,5,7,10,12-17H2,1,3-4H3,(H,35,38)(H,37,40). The summed E-state index contributed by atoms with van der Waals surface area (Å²) in [5.74, 6) is 1.35. The third kappa shape index (κ3) is 8.40. The van der Waals surface area contributed by atoms with Crippen molar-refractivity contribution >= 4 is 35.4 Å². The lowest BCUT2D eigenvalue weighted by molar-refractivity contribution is -0.111. The molecule has 0 saturated heterocycles. The quantitative estimate of drug-likeness (QED) is 0.189. The van der Waals surface area contributed by atoms with Crippen molar-refractivity contribution in [3.8, 4) is 11.5 Å². The number of carbonyl (C=O) groups excluding carboxylic acids is 1. The number of methoxy groups -OCH3 is 1. The summed E-state index contributed by atoms with van der Waals surface area (Å²) in [5, 5.41) is 16.7. The summed E-state index contributed by atoms with van der Waals surface area (Å²) in [6.45, 7) is 10.7. The van der Waals surface area contributed by atoms with Gasteiger partial charge in [-0.3, -0.25) is 9.89 Å². The molecular weight excluding hydrogens is 532 g/mol. The zero-order valence-electron chi connectivity index (χ0n) is 24.8. The number of carbonyl (C=O) groups is 1. The number of fused-ring (bicyclic) bond motifs is 1. The average Bonchev–Trinajstić information content (AvgIpc) is 3.35. The number of nitrogens with one attached hydrogen (secondary N) is 4. The van der Waals surface area contributed by atoms with E-state index in [-0.39, 0.29) is 11.8 Å². The van der Waals surface area contributed by atoms with Gasteiger partial charge in [-0.05, 0) is 56.6 Å². The Bertz CT molecular complexity index is 1340. The number of likely N-dealkylation sites (N-methyl/N-ethyl adjacent to an activating group) is 1. The predicted octanol–water partition coefficient (Wildman–Crippen LogP) is 3.72. The van der Waals surface area contributed by atoms with Gasteiger partial charge >= 0.3 is 0 Å². The second-order valence-electron chi connectivity index (χ2n) is 10.1. The van der Waals surface area contributed by atoms with Gasteiger partial charge in [0, 0.05) is 49.6 Å². The first kappa shape index (κ1) is 30.7. The first-order valence-electron chi connectivity index (χ1n) is 14.5. The fraction of sp³-hybridized carbons (Fsp3) is 0.419. The van der Waals surface area contributed by atoms with Crippen LogP contribution in [0.3, 0.4) is 0 Å². The van der Waals surface area contributed by atoms with Gasteiger partial charge in [-0.2, -0.15) is 5.10 Å². The highest BCUT2D eigenvalue weighted by Crippen LogP contribution is 2.39. The van der Waals surface area contributed by atoms with Crippen LogP contribution in [0.5, 0.6) is 11.5 Å². The summed E-state index contributed by atoms with van der Waals surface area (Å²) in [6, 6.07) is 3.51. The maximum absolute atomic E-state index is 12.3. The van der Waals surface area contributed by atoms with Gasteiger partial charge < -0.3 is 30.3 Å². The second-order valence-corrected chi connectivity index (χ2v) is 10.1. The lowest BCUT2D eigenvalue weighted by atomic mass is 9.91. The Morgan fingerprint density at radius 2 is 2.17 bits per heavy atom. The lowest BCUT2D eigenvalue weighted by Crippen LogP contribution is -2.33. The zero-order valence-corrected chi connectivity index (χ0v) is 24.8. The number of allylic oxidation sites excluding steroid dienone is 1. The van der Waals surface area contributed by atoms with Crippen molar-refractivity contribution in [3.63, 3.8) is 0 Å². The zero-order chi connectivity index (χ0) is 29.7. The van der Waals surface area contributed by atoms with Crippen LogP contribution in [0.2, 0.25) is 0 Å². The van der Waals surface area contributed by atoms with E-state index in [2.05, 4.69) is 61.7 Å². The van der Waals surface area contributed by atoms with Crippen molar-refractivity contribution in [2.24, 2.45) is 15.9 Å². The molecule has 1 atom stereocenters. The smallest absolute Gasteiger partial charge is 0.247 e. The number of H-pyrrole nitrogens is 1. The molecule has 4 rings (SSSR count). The monoisotopic (exact) mass is 574 g/mol. The number of amidine groups is 1. The van der Waals surface area contributed by atoms with Gasteiger partial charge in [-0.15, -0.1) is 0 Å². The van der Waals surface area contributed by atoms with Crippen LogP contribution in [0.1, 0.15) is 31.0 Å². The molecule has 11 nitrogen and oxygen atoms in total. The van der Waals surface area contributed by atoms with Crippen LogP contribution in [-0.2, 0) is 11.2 Å². The van der Waals surface area contributed by atoms with Crippen LogP contribution in [0.4, 0.5) is 11.4 Å². The molecule has 0 bridgehead atoms. The van der Waals surface area contributed by atoms with Crippen LogP contribution in [-0.4, -0.2) is 86.5 Å². The van der Waals surface area contributed by atoms with E-state index >= 15 is 0 Å². The molecule has 42 heavy (non-hydrogen) atoms. The molecule has 2 heterocycles. The van der Waals surface area contributed by atoms with Crippen molar-refractivity contribution in [2.45, 2.75) is 26.2 Å². The molecule has 1 aromatic heterocycles. The first-order chi connectivity index (χ1) is 20.5. The Balaban J connectivity index is 1.55. The van der Waals surface area contributed by atoms with Crippen molar-refractivity contribution < 1.29 is 14.3 Å². The molecule has 1 unspecified atom stereocenters. The number of anilines is 1. The van der Waals surface area contributed by atoms with Crippen molar-refractivity contribution in [1.82, 2.24) is 25.7 Å². The van der Waals surface area contributed by atoms with Gasteiger partial charge in [-0.25, -0.2) is 9.98 Å². The molecule has 1 aliphatic carbocycles. The molecule has 0 fully saturated rings. The second kappa shape index (κ2) is 15.7. The van der Waals surface area contributed by atoms with Crippen molar-refractivity contribution in [1.29, 1.82) is 0 Å². The molecule has 2 aromatic rings. The SMILES string of the molecule is C=CC(=O)Nc1cc(N=C2C=C(C3C=Cc4[nH]ncc4C3)NCC=N2)c(OC)cc1OCCCN(CCC)CCNC. The van der Waals surface area contributed by atoms with Crippen LogP contribution in [0.15, 0.2) is 58.8 Å². The van der Waals surface area contributed by atoms with Gasteiger partial charge in [0.1, 0.15) is 17.2 Å². The molecule has 1 aromatic carbocycles. The molecule has 11 heteroatoms. The Morgan fingerprint density at radius 1 is 1.29 bits per heavy atom. The number of hydrogen-bond acceptors (Lipinski definition) is 8. The summed E-state index contributed by atoms with van der Waals surface area (Å²) in [4.78, 5) is 24.1. The van der Waals surface area contributed by atoms with Crippen molar-refractivity contribution in [3.05, 3.63) is 60.1 Å². The van der Waals surface area contributed by atoms with Gasteiger partial charge in [0.15, 0.2) is 5.84 Å². The fourth-order valence-electron chi connectivity index (χ4n) is 4.91. The Labute approximate surface area is 247 Å². The predicted molar refractivity (Wildman–Crippen MR) is 169 cm³/mol. The number of ether oxygens (including phenoxy) is 2. The molecule has 0 radical (unpaired) electrons.